The van der Waals surface area contributed by atoms with Gasteiger partial charge < -0.3 is 5.32 Å². The number of Topliss-reactive ketones (excluding diaryl/α,β-unsaturated/α-hetero) is 1. The Balaban J connectivity index is 2.19. The number of anilines is 1. The van der Waals surface area contributed by atoms with Crippen LogP contribution in [0.4, 0.5) is 10.1 Å². The van der Waals surface area contributed by atoms with E-state index in [1.54, 1.807) is 12.3 Å². The van der Waals surface area contributed by atoms with Gasteiger partial charge in [0.1, 0.15) is 5.82 Å². The summed E-state index contributed by atoms with van der Waals surface area (Å²) in [7, 11) is 0. The van der Waals surface area contributed by atoms with E-state index in [1.807, 2.05) is 49.6 Å². The Labute approximate surface area is 190 Å². The van der Waals surface area contributed by atoms with Crippen LogP contribution in [0.5, 0.6) is 0 Å². The monoisotopic (exact) mass is 440 g/mol. The second kappa shape index (κ2) is 12.5. The van der Waals surface area contributed by atoms with Crippen LogP contribution in [0.25, 0.3) is 11.1 Å². The van der Waals surface area contributed by atoms with E-state index in [-0.39, 0.29) is 17.5 Å². The minimum absolute atomic E-state index is 0.0449. The molecule has 2 aromatic rings. The Bertz CT molecular complexity index is 920. The van der Waals surface area contributed by atoms with Crippen molar-refractivity contribution in [3.8, 4) is 11.1 Å². The Morgan fingerprint density at radius 3 is 2.39 bits per heavy atom. The molecule has 0 aromatic heterocycles. The number of hydrogen-bond donors (Lipinski definition) is 1. The van der Waals surface area contributed by atoms with Crippen LogP contribution in [0.15, 0.2) is 59.7 Å². The number of hydrogen-bond acceptors (Lipinski definition) is 3. The van der Waals surface area contributed by atoms with E-state index in [9.17, 15) is 9.18 Å². The molecule has 2 rings (SSSR count). The first kappa shape index (κ1) is 24.9. The Morgan fingerprint density at radius 2 is 1.84 bits per heavy atom. The van der Waals surface area contributed by atoms with E-state index in [0.29, 0.717) is 16.8 Å². The summed E-state index contributed by atoms with van der Waals surface area (Å²) in [4.78, 5) is 17.2. The summed E-state index contributed by atoms with van der Waals surface area (Å²) in [6.07, 6.45) is 8.44. The molecule has 0 aliphatic heterocycles. The van der Waals surface area contributed by atoms with Gasteiger partial charge in [0.2, 0.25) is 0 Å². The zero-order valence-electron chi connectivity index (χ0n) is 19.1. The Kier molecular flexibility index (Phi) is 9.99. The molecule has 2 aromatic carbocycles. The van der Waals surface area contributed by atoms with Gasteiger partial charge in [-0.1, -0.05) is 81.8 Å². The second-order valence-corrected chi connectivity index (χ2v) is 8.67. The van der Waals surface area contributed by atoms with Crippen molar-refractivity contribution in [1.29, 1.82) is 0 Å². The summed E-state index contributed by atoms with van der Waals surface area (Å²) in [5.41, 5.74) is 2.75. The minimum atomic E-state index is -0.348. The van der Waals surface area contributed by atoms with Gasteiger partial charge in [0.15, 0.2) is 11.0 Å². The van der Waals surface area contributed by atoms with Gasteiger partial charge in [-0.3, -0.25) is 4.79 Å². The molecular weight excluding hydrogens is 407 g/mol. The predicted octanol–water partition coefficient (Wildman–Crippen LogP) is 7.80. The third kappa shape index (κ3) is 7.06. The van der Waals surface area contributed by atoms with E-state index in [2.05, 4.69) is 31.1 Å². The Morgan fingerprint density at radius 1 is 1.16 bits per heavy atom. The lowest BCUT2D eigenvalue weighted by molar-refractivity contribution is 0.0875. The second-order valence-electron chi connectivity index (χ2n) is 7.87. The number of carbonyl (C=O) groups excluding carboxylic acids is 1. The number of thioether (sulfide) groups is 1. The lowest BCUT2D eigenvalue weighted by Gasteiger charge is -2.19. The highest BCUT2D eigenvalue weighted by Crippen LogP contribution is 2.27. The van der Waals surface area contributed by atoms with E-state index < -0.39 is 0 Å². The van der Waals surface area contributed by atoms with Crippen LogP contribution >= 0.6 is 11.8 Å². The van der Waals surface area contributed by atoms with Crippen molar-refractivity contribution >= 4 is 28.4 Å². The lowest BCUT2D eigenvalue weighted by Crippen LogP contribution is -2.20. The summed E-state index contributed by atoms with van der Waals surface area (Å²) in [6, 6.07) is 12.6. The molecular formula is C26H33FN2OS. The molecule has 5 heteroatoms. The van der Waals surface area contributed by atoms with Crippen LogP contribution in [0, 0.1) is 17.7 Å². The van der Waals surface area contributed by atoms with Crippen LogP contribution in [0.1, 0.15) is 57.3 Å². The van der Waals surface area contributed by atoms with Crippen LogP contribution < -0.4 is 5.32 Å². The van der Waals surface area contributed by atoms with Gasteiger partial charge in [-0.15, -0.1) is 0 Å². The number of ketones is 1. The van der Waals surface area contributed by atoms with Gasteiger partial charge in [-0.2, -0.15) is 0 Å². The van der Waals surface area contributed by atoms with Crippen molar-refractivity contribution in [1.82, 2.24) is 0 Å². The van der Waals surface area contributed by atoms with Gasteiger partial charge in [0.25, 0.3) is 0 Å². The molecule has 0 heterocycles. The quantitative estimate of drug-likeness (QED) is 0.246. The number of aliphatic imine (C=N–C) groups is 1. The van der Waals surface area contributed by atoms with Crippen LogP contribution in [-0.2, 0) is 0 Å². The number of rotatable bonds is 9. The van der Waals surface area contributed by atoms with Crippen LogP contribution in [0.3, 0.4) is 0 Å². The SMILES string of the molecule is C/C=C/N=C(Nc1ccc(-c2ccc(C(=O)C(CCCC)C(C)C)cc2)cc1F)SC. The summed E-state index contributed by atoms with van der Waals surface area (Å²) >= 11 is 1.42. The number of allylic oxidation sites excluding steroid dienone is 1. The lowest BCUT2D eigenvalue weighted by atomic mass is 9.84. The van der Waals surface area contributed by atoms with E-state index in [0.717, 1.165) is 36.0 Å². The van der Waals surface area contributed by atoms with E-state index in [1.165, 1.54) is 17.8 Å². The molecule has 0 saturated heterocycles. The molecule has 1 atom stereocenters. The normalized spacial score (nSPS) is 13.1. The fourth-order valence-corrected chi connectivity index (χ4v) is 3.80. The van der Waals surface area contributed by atoms with E-state index >= 15 is 0 Å². The summed E-state index contributed by atoms with van der Waals surface area (Å²) in [5, 5.41) is 3.64. The molecule has 0 aliphatic rings. The number of amidine groups is 1. The first-order valence-electron chi connectivity index (χ1n) is 10.8. The van der Waals surface area contributed by atoms with Crippen molar-refractivity contribution in [2.75, 3.05) is 11.6 Å². The maximum absolute atomic E-state index is 14.7. The van der Waals surface area contributed by atoms with Gasteiger partial charge in [-0.25, -0.2) is 9.38 Å². The zero-order valence-corrected chi connectivity index (χ0v) is 19.9. The molecule has 166 valence electrons. The molecule has 0 radical (unpaired) electrons. The third-order valence-corrected chi connectivity index (χ3v) is 5.85. The Hall–Kier alpha value is -2.40. The molecule has 1 unspecified atom stereocenters. The fourth-order valence-electron chi connectivity index (χ4n) is 3.42. The zero-order chi connectivity index (χ0) is 22.8. The average molecular weight is 441 g/mol. The standard InChI is InChI=1S/C26H33FN2OS/c1-6-8-9-22(18(3)4)25(30)20-12-10-19(11-13-20)21-14-15-24(23(27)17-21)29-26(31-5)28-16-7-2/h7,10-18,22H,6,8-9H2,1-5H3,(H,28,29)/b16-7+. The smallest absolute Gasteiger partial charge is 0.166 e. The fraction of sp³-hybridized carbons (Fsp3) is 0.385. The van der Waals surface area contributed by atoms with Crippen molar-refractivity contribution in [3.63, 3.8) is 0 Å². The number of halogens is 1. The molecule has 0 aliphatic carbocycles. The van der Waals surface area contributed by atoms with Crippen LogP contribution in [-0.4, -0.2) is 17.2 Å². The summed E-state index contributed by atoms with van der Waals surface area (Å²) < 4.78 is 14.7. The number of unbranched alkanes of at least 4 members (excludes halogenated alkanes) is 1. The molecule has 0 saturated carbocycles. The maximum Gasteiger partial charge on any atom is 0.166 e. The molecule has 0 bridgehead atoms. The largest absolute Gasteiger partial charge is 0.332 e. The first-order valence-corrected chi connectivity index (χ1v) is 12.1. The van der Waals surface area contributed by atoms with Gasteiger partial charge in [-0.05, 0) is 48.8 Å². The highest BCUT2D eigenvalue weighted by atomic mass is 32.2. The van der Waals surface area contributed by atoms with Crippen molar-refractivity contribution < 1.29 is 9.18 Å². The topological polar surface area (TPSA) is 41.5 Å². The first-order chi connectivity index (χ1) is 14.9. The van der Waals surface area contributed by atoms with Gasteiger partial charge in [0.05, 0.1) is 5.69 Å². The molecule has 0 spiro atoms. The molecule has 1 N–H and O–H groups in total. The molecule has 31 heavy (non-hydrogen) atoms. The molecule has 3 nitrogen and oxygen atoms in total. The van der Waals surface area contributed by atoms with Crippen molar-refractivity contribution in [2.24, 2.45) is 16.8 Å². The third-order valence-electron chi connectivity index (χ3n) is 5.26. The molecule has 0 amide bonds. The number of nitrogens with one attached hydrogen (secondary N) is 1. The van der Waals surface area contributed by atoms with Crippen molar-refractivity contribution in [3.05, 3.63) is 66.1 Å². The molecule has 0 fully saturated rings. The summed E-state index contributed by atoms with van der Waals surface area (Å²) in [5.74, 6) is 0.212. The highest BCUT2D eigenvalue weighted by Gasteiger charge is 2.22. The van der Waals surface area contributed by atoms with Gasteiger partial charge in [0, 0.05) is 17.7 Å². The maximum atomic E-state index is 14.7. The highest BCUT2D eigenvalue weighted by molar-refractivity contribution is 8.13. The number of carbonyl (C=O) groups is 1. The predicted molar refractivity (Wildman–Crippen MR) is 133 cm³/mol. The van der Waals surface area contributed by atoms with E-state index in [4.69, 9.17) is 0 Å². The van der Waals surface area contributed by atoms with Gasteiger partial charge >= 0.3 is 0 Å². The number of benzene rings is 2. The van der Waals surface area contributed by atoms with Crippen molar-refractivity contribution in [2.45, 2.75) is 47.0 Å². The average Bonchev–Trinajstić information content (AvgIpc) is 2.77. The van der Waals surface area contributed by atoms with Crippen LogP contribution in [0.2, 0.25) is 0 Å². The summed E-state index contributed by atoms with van der Waals surface area (Å²) in [6.45, 7) is 8.24. The minimum Gasteiger partial charge on any atom is -0.332 e. The number of nitrogens with zero attached hydrogens (tertiary/aromatic N) is 1.